The largest absolute Gasteiger partial charge is 0.480 e. The van der Waals surface area contributed by atoms with Gasteiger partial charge in [0.15, 0.2) is 9.84 Å². The van der Waals surface area contributed by atoms with E-state index in [0.717, 1.165) is 5.56 Å². The molecule has 1 heterocycles. The van der Waals surface area contributed by atoms with Crippen molar-refractivity contribution in [1.82, 2.24) is 0 Å². The highest BCUT2D eigenvalue weighted by Crippen LogP contribution is 2.28. The third-order valence-corrected chi connectivity index (χ3v) is 5.29. The fourth-order valence-electron chi connectivity index (χ4n) is 2.55. The number of carboxylic acids is 1. The Bertz CT molecular complexity index is 706. The average Bonchev–Trinajstić information content (AvgIpc) is 2.76. The lowest BCUT2D eigenvalue weighted by Crippen LogP contribution is -2.40. The number of hydrogen-bond acceptors (Lipinski definition) is 5. The number of nitrogens with zero attached hydrogens (tertiary/aromatic N) is 2. The Labute approximate surface area is 123 Å². The minimum atomic E-state index is -3.13. The summed E-state index contributed by atoms with van der Waals surface area (Å²) in [5, 5.41) is 18.3. The third kappa shape index (κ3) is 3.52. The summed E-state index contributed by atoms with van der Waals surface area (Å²) < 4.78 is 23.3. The van der Waals surface area contributed by atoms with Crippen molar-refractivity contribution in [2.45, 2.75) is 19.4 Å². The SMILES string of the molecule is Cc1ccc(C#N)c(N(CC(=O)O)C2CCS(=O)(=O)C2)c1. The Morgan fingerprint density at radius 2 is 2.24 bits per heavy atom. The summed E-state index contributed by atoms with van der Waals surface area (Å²) in [6.07, 6.45) is 0.383. The Morgan fingerprint density at radius 1 is 1.52 bits per heavy atom. The minimum absolute atomic E-state index is 0.0570. The number of hydrogen-bond donors (Lipinski definition) is 1. The molecule has 0 amide bonds. The number of carbonyl (C=O) groups is 1. The Hall–Kier alpha value is -2.07. The average molecular weight is 308 g/mol. The Morgan fingerprint density at radius 3 is 2.76 bits per heavy atom. The number of anilines is 1. The van der Waals surface area contributed by atoms with Crippen molar-refractivity contribution in [3.05, 3.63) is 29.3 Å². The molecule has 0 bridgehead atoms. The van der Waals surface area contributed by atoms with Crippen molar-refractivity contribution < 1.29 is 18.3 Å². The molecule has 21 heavy (non-hydrogen) atoms. The van der Waals surface area contributed by atoms with Crippen LogP contribution in [0, 0.1) is 18.3 Å². The highest BCUT2D eigenvalue weighted by molar-refractivity contribution is 7.91. The van der Waals surface area contributed by atoms with Gasteiger partial charge in [-0.25, -0.2) is 8.42 Å². The summed E-state index contributed by atoms with van der Waals surface area (Å²) in [6.45, 7) is 1.52. The van der Waals surface area contributed by atoms with E-state index in [1.54, 1.807) is 18.2 Å². The molecule has 1 saturated heterocycles. The van der Waals surface area contributed by atoms with Crippen LogP contribution in [0.5, 0.6) is 0 Å². The predicted molar refractivity (Wildman–Crippen MR) is 77.9 cm³/mol. The summed E-state index contributed by atoms with van der Waals surface area (Å²) in [5.74, 6) is -1.06. The molecule has 1 aromatic carbocycles. The van der Waals surface area contributed by atoms with Crippen LogP contribution in [-0.2, 0) is 14.6 Å². The molecule has 2 rings (SSSR count). The third-order valence-electron chi connectivity index (χ3n) is 3.54. The van der Waals surface area contributed by atoms with Crippen LogP contribution < -0.4 is 4.90 Å². The second-order valence-electron chi connectivity index (χ2n) is 5.21. The standard InChI is InChI=1S/C14H16N2O4S/c1-10-2-3-11(7-15)13(6-10)16(8-14(17)18)12-4-5-21(19,20)9-12/h2-3,6,12H,4-5,8-9H2,1H3,(H,17,18). The summed E-state index contributed by atoms with van der Waals surface area (Å²) in [4.78, 5) is 12.6. The van der Waals surface area contributed by atoms with E-state index in [9.17, 15) is 18.5 Å². The number of nitriles is 1. The van der Waals surface area contributed by atoms with Crippen molar-refractivity contribution in [3.63, 3.8) is 0 Å². The fraction of sp³-hybridized carbons (Fsp3) is 0.429. The first-order chi connectivity index (χ1) is 9.82. The maximum absolute atomic E-state index is 11.6. The molecule has 1 N–H and O–H groups in total. The molecule has 0 radical (unpaired) electrons. The quantitative estimate of drug-likeness (QED) is 0.889. The molecular weight excluding hydrogens is 292 g/mol. The van der Waals surface area contributed by atoms with Gasteiger partial charge in [-0.1, -0.05) is 6.07 Å². The number of carboxylic acid groups (broad SMARTS) is 1. The molecule has 1 fully saturated rings. The van der Waals surface area contributed by atoms with E-state index in [0.29, 0.717) is 17.7 Å². The zero-order valence-electron chi connectivity index (χ0n) is 11.6. The van der Waals surface area contributed by atoms with Gasteiger partial charge in [0.2, 0.25) is 0 Å². The number of benzene rings is 1. The lowest BCUT2D eigenvalue weighted by atomic mass is 10.1. The van der Waals surface area contributed by atoms with Crippen molar-refractivity contribution in [1.29, 1.82) is 5.26 Å². The van der Waals surface area contributed by atoms with Gasteiger partial charge in [0.25, 0.3) is 0 Å². The summed E-state index contributed by atoms with van der Waals surface area (Å²) in [6, 6.07) is 6.76. The molecule has 0 aliphatic carbocycles. The number of sulfone groups is 1. The second kappa shape index (κ2) is 5.74. The van der Waals surface area contributed by atoms with Gasteiger partial charge in [-0.15, -0.1) is 0 Å². The van der Waals surface area contributed by atoms with Gasteiger partial charge < -0.3 is 10.0 Å². The van der Waals surface area contributed by atoms with Gasteiger partial charge in [-0.05, 0) is 31.0 Å². The highest BCUT2D eigenvalue weighted by Gasteiger charge is 2.34. The van der Waals surface area contributed by atoms with E-state index >= 15 is 0 Å². The number of aryl methyl sites for hydroxylation is 1. The topological polar surface area (TPSA) is 98.5 Å². The normalized spacial score (nSPS) is 19.9. The van der Waals surface area contributed by atoms with Crippen LogP contribution in [-0.4, -0.2) is 43.6 Å². The Kier molecular flexibility index (Phi) is 4.19. The van der Waals surface area contributed by atoms with E-state index in [2.05, 4.69) is 0 Å². The van der Waals surface area contributed by atoms with Crippen molar-refractivity contribution in [2.75, 3.05) is 23.0 Å². The van der Waals surface area contributed by atoms with E-state index in [1.165, 1.54) is 4.90 Å². The summed E-state index contributed by atoms with van der Waals surface area (Å²) in [7, 11) is -3.13. The fourth-order valence-corrected chi connectivity index (χ4v) is 4.28. The molecule has 6 nitrogen and oxygen atoms in total. The van der Waals surface area contributed by atoms with Crippen LogP contribution in [0.4, 0.5) is 5.69 Å². The van der Waals surface area contributed by atoms with Gasteiger partial charge in [0.05, 0.1) is 22.8 Å². The first-order valence-electron chi connectivity index (χ1n) is 6.52. The lowest BCUT2D eigenvalue weighted by Gasteiger charge is -2.29. The van der Waals surface area contributed by atoms with Gasteiger partial charge in [-0.3, -0.25) is 4.79 Å². The van der Waals surface area contributed by atoms with Crippen LogP contribution in [0.3, 0.4) is 0 Å². The molecule has 1 aliphatic rings. The summed E-state index contributed by atoms with van der Waals surface area (Å²) in [5.41, 5.74) is 1.73. The Balaban J connectivity index is 2.44. The van der Waals surface area contributed by atoms with Crippen molar-refractivity contribution in [3.8, 4) is 6.07 Å². The minimum Gasteiger partial charge on any atom is -0.480 e. The number of aliphatic carboxylic acids is 1. The molecule has 0 spiro atoms. The monoisotopic (exact) mass is 308 g/mol. The molecule has 1 aliphatic heterocycles. The van der Waals surface area contributed by atoms with Gasteiger partial charge >= 0.3 is 5.97 Å². The van der Waals surface area contributed by atoms with E-state index in [1.807, 2.05) is 13.0 Å². The smallest absolute Gasteiger partial charge is 0.323 e. The number of rotatable bonds is 4. The molecule has 112 valence electrons. The first-order valence-corrected chi connectivity index (χ1v) is 8.34. The van der Waals surface area contributed by atoms with Crippen molar-refractivity contribution >= 4 is 21.5 Å². The zero-order valence-corrected chi connectivity index (χ0v) is 12.4. The van der Waals surface area contributed by atoms with E-state index in [-0.39, 0.29) is 18.1 Å². The maximum atomic E-state index is 11.6. The molecule has 1 aromatic rings. The highest BCUT2D eigenvalue weighted by atomic mass is 32.2. The van der Waals surface area contributed by atoms with Gasteiger partial charge in [0, 0.05) is 6.04 Å². The lowest BCUT2D eigenvalue weighted by molar-refractivity contribution is -0.135. The van der Waals surface area contributed by atoms with Gasteiger partial charge in [0.1, 0.15) is 12.6 Å². The van der Waals surface area contributed by atoms with Crippen LogP contribution >= 0.6 is 0 Å². The summed E-state index contributed by atoms with van der Waals surface area (Å²) >= 11 is 0. The van der Waals surface area contributed by atoms with Gasteiger partial charge in [-0.2, -0.15) is 5.26 Å². The van der Waals surface area contributed by atoms with Crippen LogP contribution in [0.25, 0.3) is 0 Å². The molecule has 7 heteroatoms. The predicted octanol–water partition coefficient (Wildman–Crippen LogP) is 0.945. The van der Waals surface area contributed by atoms with Crippen molar-refractivity contribution in [2.24, 2.45) is 0 Å². The molecule has 0 saturated carbocycles. The van der Waals surface area contributed by atoms with E-state index < -0.39 is 21.8 Å². The zero-order chi connectivity index (χ0) is 15.6. The van der Waals surface area contributed by atoms with Crippen LogP contribution in [0.15, 0.2) is 18.2 Å². The molecule has 1 atom stereocenters. The molecular formula is C14H16N2O4S. The molecule has 1 unspecified atom stereocenters. The van der Waals surface area contributed by atoms with E-state index in [4.69, 9.17) is 5.11 Å². The maximum Gasteiger partial charge on any atom is 0.323 e. The molecule has 0 aromatic heterocycles. The van der Waals surface area contributed by atoms with Crippen LogP contribution in [0.1, 0.15) is 17.5 Å². The first kappa shape index (κ1) is 15.3. The van der Waals surface area contributed by atoms with Crippen LogP contribution in [0.2, 0.25) is 0 Å². The second-order valence-corrected chi connectivity index (χ2v) is 7.44.